The Kier molecular flexibility index (Phi) is 3.67. The van der Waals surface area contributed by atoms with E-state index in [4.69, 9.17) is 10.2 Å². The number of fused-ring (bicyclic) bond motifs is 1. The molecule has 0 saturated carbocycles. The number of hydrogen-bond acceptors (Lipinski definition) is 3. The Hall–Kier alpha value is -1.81. The number of carbonyl (C=O) groups excluding carboxylic acids is 1. The highest BCUT2D eigenvalue weighted by Crippen LogP contribution is 2.22. The van der Waals surface area contributed by atoms with Gasteiger partial charge >= 0.3 is 0 Å². The average Bonchev–Trinajstić information content (AvgIpc) is 2.78. The Morgan fingerprint density at radius 3 is 2.78 bits per heavy atom. The lowest BCUT2D eigenvalue weighted by atomic mass is 10.1. The topological polar surface area (TPSA) is 59.5 Å². The van der Waals surface area contributed by atoms with Gasteiger partial charge in [0, 0.05) is 24.5 Å². The van der Waals surface area contributed by atoms with Crippen molar-refractivity contribution >= 4 is 16.9 Å². The van der Waals surface area contributed by atoms with Gasteiger partial charge in [-0.2, -0.15) is 0 Å². The van der Waals surface area contributed by atoms with E-state index in [1.54, 1.807) is 4.90 Å². The lowest BCUT2D eigenvalue weighted by Gasteiger charge is -2.25. The molecule has 1 heterocycles. The summed E-state index contributed by atoms with van der Waals surface area (Å²) in [6.45, 7) is 4.97. The molecule has 0 aliphatic carbocycles. The summed E-state index contributed by atoms with van der Waals surface area (Å²) < 4.78 is 5.40. The largest absolute Gasteiger partial charge is 0.463 e. The molecule has 0 saturated heterocycles. The van der Waals surface area contributed by atoms with Gasteiger partial charge in [-0.1, -0.05) is 18.2 Å². The summed E-state index contributed by atoms with van der Waals surface area (Å²) in [5.41, 5.74) is 6.89. The van der Waals surface area contributed by atoms with Crippen molar-refractivity contribution in [1.29, 1.82) is 0 Å². The number of amides is 1. The minimum Gasteiger partial charge on any atom is -0.463 e. The van der Waals surface area contributed by atoms with Crippen LogP contribution in [0.3, 0.4) is 0 Å². The Balaban J connectivity index is 2.38. The van der Waals surface area contributed by atoms with Gasteiger partial charge in [-0.15, -0.1) is 0 Å². The van der Waals surface area contributed by atoms with Gasteiger partial charge in [0.05, 0.1) is 5.56 Å². The third kappa shape index (κ3) is 2.24. The predicted octanol–water partition coefficient (Wildman–Crippen LogP) is 2.24. The number of carbonyl (C=O) groups is 1. The summed E-state index contributed by atoms with van der Waals surface area (Å²) in [7, 11) is 0. The Morgan fingerprint density at radius 1 is 1.39 bits per heavy atom. The molecule has 2 N–H and O–H groups in total. The molecule has 0 atom stereocenters. The fourth-order valence-corrected chi connectivity index (χ4v) is 2.03. The molecule has 4 nitrogen and oxygen atoms in total. The van der Waals surface area contributed by atoms with Crippen LogP contribution in [0.5, 0.6) is 0 Å². The van der Waals surface area contributed by atoms with E-state index >= 15 is 0 Å². The first-order valence-corrected chi connectivity index (χ1v) is 6.12. The van der Waals surface area contributed by atoms with Gasteiger partial charge in [-0.05, 0) is 19.9 Å². The van der Waals surface area contributed by atoms with Gasteiger partial charge in [0.1, 0.15) is 11.8 Å². The predicted molar refractivity (Wildman–Crippen MR) is 71.4 cm³/mol. The van der Waals surface area contributed by atoms with E-state index in [2.05, 4.69) is 0 Å². The summed E-state index contributed by atoms with van der Waals surface area (Å²) in [6.07, 6.45) is 1.53. The zero-order valence-corrected chi connectivity index (χ0v) is 10.7. The minimum atomic E-state index is -0.0274. The number of nitrogens with two attached hydrogens (primary N) is 1. The number of nitrogens with zero attached hydrogens (tertiary/aromatic N) is 1. The standard InChI is InChI=1S/C14H18N2O2/c1-10(2)16(8-7-15)14(17)12-9-18-13-6-4-3-5-11(12)13/h3-6,9-10H,7-8,15H2,1-2H3. The maximum absolute atomic E-state index is 12.5. The molecule has 1 aromatic carbocycles. The van der Waals surface area contributed by atoms with Crippen LogP contribution in [0.25, 0.3) is 11.0 Å². The fraction of sp³-hybridized carbons (Fsp3) is 0.357. The second-order valence-corrected chi connectivity index (χ2v) is 4.53. The van der Waals surface area contributed by atoms with Crippen LogP contribution in [-0.2, 0) is 0 Å². The second kappa shape index (κ2) is 5.23. The van der Waals surface area contributed by atoms with E-state index in [1.165, 1.54) is 6.26 Å². The van der Waals surface area contributed by atoms with Crippen molar-refractivity contribution in [3.05, 3.63) is 36.1 Å². The van der Waals surface area contributed by atoms with Gasteiger partial charge in [-0.3, -0.25) is 4.79 Å². The monoisotopic (exact) mass is 246 g/mol. The molecule has 4 heteroatoms. The smallest absolute Gasteiger partial charge is 0.258 e. The van der Waals surface area contributed by atoms with E-state index in [-0.39, 0.29) is 11.9 Å². The van der Waals surface area contributed by atoms with E-state index < -0.39 is 0 Å². The molecule has 0 aliphatic rings. The van der Waals surface area contributed by atoms with Crippen LogP contribution >= 0.6 is 0 Å². The van der Waals surface area contributed by atoms with Gasteiger partial charge in [-0.25, -0.2) is 0 Å². The van der Waals surface area contributed by atoms with Crippen molar-refractivity contribution in [2.45, 2.75) is 19.9 Å². The quantitative estimate of drug-likeness (QED) is 0.900. The van der Waals surface area contributed by atoms with Gasteiger partial charge in [0.15, 0.2) is 0 Å². The summed E-state index contributed by atoms with van der Waals surface area (Å²) in [6, 6.07) is 7.66. The number of para-hydroxylation sites is 1. The Morgan fingerprint density at radius 2 is 2.11 bits per heavy atom. The van der Waals surface area contributed by atoms with E-state index in [0.717, 1.165) is 11.0 Å². The molecule has 0 unspecified atom stereocenters. The molecule has 0 aliphatic heterocycles. The number of rotatable bonds is 4. The first-order valence-electron chi connectivity index (χ1n) is 6.12. The van der Waals surface area contributed by atoms with Crippen molar-refractivity contribution in [2.75, 3.05) is 13.1 Å². The van der Waals surface area contributed by atoms with E-state index in [1.807, 2.05) is 38.1 Å². The molecule has 0 fully saturated rings. The summed E-state index contributed by atoms with van der Waals surface area (Å²) in [5, 5.41) is 0.852. The van der Waals surface area contributed by atoms with Crippen molar-refractivity contribution in [1.82, 2.24) is 4.90 Å². The van der Waals surface area contributed by atoms with Crippen molar-refractivity contribution < 1.29 is 9.21 Å². The van der Waals surface area contributed by atoms with Gasteiger partial charge in [0.2, 0.25) is 0 Å². The highest BCUT2D eigenvalue weighted by atomic mass is 16.3. The highest BCUT2D eigenvalue weighted by molar-refractivity contribution is 6.05. The first-order chi connectivity index (χ1) is 8.65. The van der Waals surface area contributed by atoms with E-state index in [0.29, 0.717) is 18.7 Å². The average molecular weight is 246 g/mol. The molecule has 2 rings (SSSR count). The third-order valence-electron chi connectivity index (χ3n) is 2.97. The molecule has 0 spiro atoms. The van der Waals surface area contributed by atoms with E-state index in [9.17, 15) is 4.79 Å². The lowest BCUT2D eigenvalue weighted by molar-refractivity contribution is 0.0713. The molecule has 1 aromatic heterocycles. The van der Waals surface area contributed by atoms with Crippen LogP contribution in [0, 0.1) is 0 Å². The maximum atomic E-state index is 12.5. The van der Waals surface area contributed by atoms with Crippen LogP contribution in [0.4, 0.5) is 0 Å². The van der Waals surface area contributed by atoms with Gasteiger partial charge < -0.3 is 15.1 Å². The molecule has 0 radical (unpaired) electrons. The van der Waals surface area contributed by atoms with Crippen LogP contribution in [0.1, 0.15) is 24.2 Å². The first kappa shape index (κ1) is 12.6. The van der Waals surface area contributed by atoms with Crippen molar-refractivity contribution in [2.24, 2.45) is 5.73 Å². The summed E-state index contributed by atoms with van der Waals surface area (Å²) in [5.74, 6) is -0.0274. The molecular formula is C14H18N2O2. The SMILES string of the molecule is CC(C)N(CCN)C(=O)c1coc2ccccc12. The molecule has 1 amide bonds. The van der Waals surface area contributed by atoms with Crippen LogP contribution < -0.4 is 5.73 Å². The molecule has 0 bridgehead atoms. The molecular weight excluding hydrogens is 228 g/mol. The molecule has 96 valence electrons. The van der Waals surface area contributed by atoms with Crippen molar-refractivity contribution in [3.8, 4) is 0 Å². The highest BCUT2D eigenvalue weighted by Gasteiger charge is 2.21. The number of hydrogen-bond donors (Lipinski definition) is 1. The van der Waals surface area contributed by atoms with Crippen LogP contribution in [0.2, 0.25) is 0 Å². The zero-order chi connectivity index (χ0) is 13.1. The maximum Gasteiger partial charge on any atom is 0.258 e. The fourth-order valence-electron chi connectivity index (χ4n) is 2.03. The zero-order valence-electron chi connectivity index (χ0n) is 10.7. The molecule has 2 aromatic rings. The van der Waals surface area contributed by atoms with Gasteiger partial charge in [0.25, 0.3) is 5.91 Å². The third-order valence-corrected chi connectivity index (χ3v) is 2.97. The molecule has 18 heavy (non-hydrogen) atoms. The normalized spacial score (nSPS) is 11.1. The Bertz CT molecular complexity index is 545. The summed E-state index contributed by atoms with van der Waals surface area (Å²) >= 11 is 0. The number of furan rings is 1. The lowest BCUT2D eigenvalue weighted by Crippen LogP contribution is -2.40. The van der Waals surface area contributed by atoms with Crippen LogP contribution in [0.15, 0.2) is 34.9 Å². The number of benzene rings is 1. The second-order valence-electron chi connectivity index (χ2n) is 4.53. The summed E-state index contributed by atoms with van der Waals surface area (Å²) in [4.78, 5) is 14.2. The van der Waals surface area contributed by atoms with Crippen molar-refractivity contribution in [3.63, 3.8) is 0 Å². The van der Waals surface area contributed by atoms with Crippen LogP contribution in [-0.4, -0.2) is 29.9 Å². The Labute approximate surface area is 106 Å². The minimum absolute atomic E-state index is 0.0274.